The monoisotopic (exact) mass is 478 g/mol. The van der Waals surface area contributed by atoms with Gasteiger partial charge in [0.25, 0.3) is 5.69 Å². The smallest absolute Gasteiger partial charge is 0.344 e. The van der Waals surface area contributed by atoms with Crippen LogP contribution in [-0.4, -0.2) is 30.0 Å². The molecular formula is C26H42N2O6. The molecule has 0 saturated heterocycles. The lowest BCUT2D eigenvalue weighted by molar-refractivity contribution is -0.384. The molecule has 0 aliphatic heterocycles. The van der Waals surface area contributed by atoms with Crippen molar-refractivity contribution in [2.75, 3.05) is 18.5 Å². The van der Waals surface area contributed by atoms with Gasteiger partial charge in [0.15, 0.2) is 6.61 Å². The molecule has 0 aliphatic carbocycles. The van der Waals surface area contributed by atoms with Gasteiger partial charge in [0.05, 0.1) is 17.2 Å². The van der Waals surface area contributed by atoms with Gasteiger partial charge < -0.3 is 14.8 Å². The lowest BCUT2D eigenvalue weighted by Crippen LogP contribution is -2.17. The quantitative estimate of drug-likeness (QED) is 0.0939. The molecule has 192 valence electrons. The Kier molecular flexibility index (Phi) is 16.2. The van der Waals surface area contributed by atoms with Crippen LogP contribution in [0.2, 0.25) is 0 Å². The summed E-state index contributed by atoms with van der Waals surface area (Å²) in [5.41, 5.74) is 0.0120. The minimum atomic E-state index is -0.551. The number of non-ortho nitro benzene ring substituents is 1. The average Bonchev–Trinajstić information content (AvgIpc) is 2.81. The first-order valence-corrected chi connectivity index (χ1v) is 12.8. The lowest BCUT2D eigenvalue weighted by Gasteiger charge is -2.12. The van der Waals surface area contributed by atoms with E-state index in [4.69, 9.17) is 9.47 Å². The Labute approximate surface area is 203 Å². The number of carbonyl (C=O) groups excluding carboxylic acids is 2. The highest BCUT2D eigenvalue weighted by Crippen LogP contribution is 2.29. The highest BCUT2D eigenvalue weighted by molar-refractivity contribution is 5.92. The molecule has 0 fully saturated rings. The summed E-state index contributed by atoms with van der Waals surface area (Å²) in [7, 11) is 0. The molecule has 8 nitrogen and oxygen atoms in total. The molecule has 0 bridgehead atoms. The topological polar surface area (TPSA) is 108 Å². The highest BCUT2D eigenvalue weighted by atomic mass is 16.6. The molecule has 0 aliphatic rings. The number of nitro benzene ring substituents is 1. The van der Waals surface area contributed by atoms with E-state index in [1.807, 2.05) is 0 Å². The maximum absolute atomic E-state index is 12.4. The van der Waals surface area contributed by atoms with E-state index in [1.165, 1.54) is 82.4 Å². The third-order valence-corrected chi connectivity index (χ3v) is 5.61. The summed E-state index contributed by atoms with van der Waals surface area (Å²) in [6.07, 6.45) is 16.3. The number of nitro groups is 1. The molecule has 0 saturated carbocycles. The minimum absolute atomic E-state index is 0.167. The van der Waals surface area contributed by atoms with E-state index in [-0.39, 0.29) is 36.2 Å². The molecule has 0 heterocycles. The van der Waals surface area contributed by atoms with Crippen molar-refractivity contribution in [1.82, 2.24) is 0 Å². The minimum Gasteiger partial charge on any atom is -0.480 e. The number of carbonyl (C=O) groups is 2. The molecule has 0 atom stereocenters. The van der Waals surface area contributed by atoms with Crippen LogP contribution >= 0.6 is 0 Å². The molecule has 1 amide bonds. The summed E-state index contributed by atoms with van der Waals surface area (Å²) in [5.74, 6) is -0.591. The van der Waals surface area contributed by atoms with Crippen LogP contribution in [0.4, 0.5) is 11.4 Å². The molecule has 0 spiro atoms. The average molecular weight is 479 g/mol. The molecule has 1 aromatic carbocycles. The number of rotatable bonds is 20. The fourth-order valence-electron chi connectivity index (χ4n) is 3.71. The zero-order chi connectivity index (χ0) is 25.0. The summed E-state index contributed by atoms with van der Waals surface area (Å²) >= 11 is 0. The van der Waals surface area contributed by atoms with Crippen LogP contribution < -0.4 is 10.1 Å². The van der Waals surface area contributed by atoms with Gasteiger partial charge in [-0.25, -0.2) is 4.79 Å². The predicted molar refractivity (Wildman–Crippen MR) is 134 cm³/mol. The Morgan fingerprint density at radius 3 is 1.97 bits per heavy atom. The molecule has 1 rings (SSSR count). The first-order chi connectivity index (χ1) is 16.5. The maximum atomic E-state index is 12.4. The van der Waals surface area contributed by atoms with E-state index >= 15 is 0 Å². The van der Waals surface area contributed by atoms with Crippen LogP contribution in [-0.2, 0) is 14.3 Å². The summed E-state index contributed by atoms with van der Waals surface area (Å²) in [5, 5.41) is 13.8. The Morgan fingerprint density at radius 2 is 1.44 bits per heavy atom. The fourth-order valence-corrected chi connectivity index (χ4v) is 3.71. The van der Waals surface area contributed by atoms with Gasteiger partial charge in [0.2, 0.25) is 5.91 Å². The largest absolute Gasteiger partial charge is 0.480 e. The van der Waals surface area contributed by atoms with Crippen LogP contribution in [0.5, 0.6) is 5.75 Å². The molecule has 1 aromatic rings. The van der Waals surface area contributed by atoms with E-state index in [0.29, 0.717) is 6.42 Å². The maximum Gasteiger partial charge on any atom is 0.344 e. The van der Waals surface area contributed by atoms with Crippen LogP contribution in [0.3, 0.4) is 0 Å². The number of hydrogen-bond acceptors (Lipinski definition) is 6. The summed E-state index contributed by atoms with van der Waals surface area (Å²) in [6.45, 7) is 3.82. The fraction of sp³-hybridized carbons (Fsp3) is 0.692. The molecule has 0 unspecified atom stereocenters. The molecule has 1 N–H and O–H groups in total. The van der Waals surface area contributed by atoms with Crippen molar-refractivity contribution < 1.29 is 24.0 Å². The highest BCUT2D eigenvalue weighted by Gasteiger charge is 2.15. The third-order valence-electron chi connectivity index (χ3n) is 5.61. The normalized spacial score (nSPS) is 10.6. The van der Waals surface area contributed by atoms with Gasteiger partial charge in [0.1, 0.15) is 5.75 Å². The van der Waals surface area contributed by atoms with Gasteiger partial charge in [-0.1, -0.05) is 84.0 Å². The second kappa shape index (κ2) is 18.7. The standard InChI is InChI=1S/C26H42N2O6/c1-3-5-6-7-8-9-10-11-12-13-14-15-16-17-25(29)27-23-20-22(28(31)32)18-19-24(23)34-21-26(30)33-4-2/h18-20H,3-17,21H2,1-2H3,(H,27,29). The SMILES string of the molecule is CCCCCCCCCCCCCCCC(=O)Nc1cc([N+](=O)[O-])ccc1OCC(=O)OCC. The van der Waals surface area contributed by atoms with Crippen molar-refractivity contribution >= 4 is 23.3 Å². The first-order valence-electron chi connectivity index (χ1n) is 12.8. The number of nitrogens with zero attached hydrogens (tertiary/aromatic N) is 1. The number of unbranched alkanes of at least 4 members (excludes halogenated alkanes) is 12. The van der Waals surface area contributed by atoms with E-state index < -0.39 is 10.9 Å². The zero-order valence-corrected chi connectivity index (χ0v) is 20.9. The van der Waals surface area contributed by atoms with Crippen molar-refractivity contribution in [2.24, 2.45) is 0 Å². The van der Waals surface area contributed by atoms with E-state index in [1.54, 1.807) is 6.92 Å². The number of benzene rings is 1. The van der Waals surface area contributed by atoms with E-state index in [0.717, 1.165) is 19.3 Å². The van der Waals surface area contributed by atoms with Crippen LogP contribution in [0.25, 0.3) is 0 Å². The van der Waals surface area contributed by atoms with Crippen molar-refractivity contribution in [3.8, 4) is 5.75 Å². The van der Waals surface area contributed by atoms with Crippen molar-refractivity contribution in [3.05, 3.63) is 28.3 Å². The van der Waals surface area contributed by atoms with Crippen molar-refractivity contribution in [3.63, 3.8) is 0 Å². The Bertz CT molecular complexity index is 738. The number of ether oxygens (including phenoxy) is 2. The molecule has 8 heteroatoms. The van der Waals surface area contributed by atoms with Gasteiger partial charge in [-0.3, -0.25) is 14.9 Å². The van der Waals surface area contributed by atoms with Gasteiger partial charge in [0, 0.05) is 18.6 Å². The summed E-state index contributed by atoms with van der Waals surface area (Å²) in [4.78, 5) is 34.4. The van der Waals surface area contributed by atoms with Gasteiger partial charge in [-0.05, 0) is 19.4 Å². The second-order valence-electron chi connectivity index (χ2n) is 8.57. The van der Waals surface area contributed by atoms with Crippen LogP contribution in [0.15, 0.2) is 18.2 Å². The number of amides is 1. The van der Waals surface area contributed by atoms with Crippen molar-refractivity contribution in [2.45, 2.75) is 104 Å². The first kappa shape index (κ1) is 29.4. The van der Waals surface area contributed by atoms with Gasteiger partial charge in [-0.15, -0.1) is 0 Å². The Hall–Kier alpha value is -2.64. The number of nitrogens with one attached hydrogen (secondary N) is 1. The predicted octanol–water partition coefficient (Wildman–Crippen LogP) is 6.96. The van der Waals surface area contributed by atoms with E-state index in [2.05, 4.69) is 12.2 Å². The number of hydrogen-bond donors (Lipinski definition) is 1. The lowest BCUT2D eigenvalue weighted by atomic mass is 10.0. The van der Waals surface area contributed by atoms with E-state index in [9.17, 15) is 19.7 Å². The number of esters is 1. The molecule has 34 heavy (non-hydrogen) atoms. The summed E-state index contributed by atoms with van der Waals surface area (Å²) < 4.78 is 10.2. The van der Waals surface area contributed by atoms with Crippen LogP contribution in [0, 0.1) is 10.1 Å². The van der Waals surface area contributed by atoms with Gasteiger partial charge in [-0.2, -0.15) is 0 Å². The Balaban J connectivity index is 2.28. The van der Waals surface area contributed by atoms with Crippen molar-refractivity contribution in [1.29, 1.82) is 0 Å². The van der Waals surface area contributed by atoms with Gasteiger partial charge >= 0.3 is 5.97 Å². The Morgan fingerprint density at radius 1 is 0.882 bits per heavy atom. The third kappa shape index (κ3) is 13.8. The van der Waals surface area contributed by atoms with Crippen LogP contribution in [0.1, 0.15) is 104 Å². The zero-order valence-electron chi connectivity index (χ0n) is 20.9. The second-order valence-corrected chi connectivity index (χ2v) is 8.57. The molecule has 0 aromatic heterocycles. The summed E-state index contributed by atoms with van der Waals surface area (Å²) in [6, 6.07) is 3.88. The molecule has 0 radical (unpaired) electrons. The molecular weight excluding hydrogens is 436 g/mol. The number of anilines is 1.